The number of amides is 1. The summed E-state index contributed by atoms with van der Waals surface area (Å²) in [5.74, 6) is 0.0423. The molecule has 0 aliphatic carbocycles. The number of benzene rings is 1. The molecule has 3 heteroatoms. The number of carbonyl (C=O) groups is 1. The van der Waals surface area contributed by atoms with Crippen LogP contribution in [0.2, 0.25) is 0 Å². The molecule has 0 saturated heterocycles. The predicted molar refractivity (Wildman–Crippen MR) is 84.4 cm³/mol. The highest BCUT2D eigenvalue weighted by atomic mass is 79.9. The van der Waals surface area contributed by atoms with E-state index in [1.807, 2.05) is 18.2 Å². The summed E-state index contributed by atoms with van der Waals surface area (Å²) >= 11 is 3.51. The quantitative estimate of drug-likeness (QED) is 0.824. The van der Waals surface area contributed by atoms with Crippen LogP contribution in [0.25, 0.3) is 0 Å². The second-order valence-electron chi connectivity index (χ2n) is 6.27. The molecule has 19 heavy (non-hydrogen) atoms. The first-order chi connectivity index (χ1) is 8.70. The Balaban J connectivity index is 2.91. The van der Waals surface area contributed by atoms with Crippen molar-refractivity contribution in [3.05, 3.63) is 35.9 Å². The molecule has 106 valence electrons. The summed E-state index contributed by atoms with van der Waals surface area (Å²) in [7, 11) is 0. The summed E-state index contributed by atoms with van der Waals surface area (Å²) in [4.78, 5) is 12.2. The van der Waals surface area contributed by atoms with Gasteiger partial charge in [0.25, 0.3) is 0 Å². The number of carbonyl (C=O) groups excluding carboxylic acids is 1. The van der Waals surface area contributed by atoms with Gasteiger partial charge in [0.2, 0.25) is 5.91 Å². The average molecular weight is 326 g/mol. The average Bonchev–Trinajstić information content (AvgIpc) is 2.37. The first kappa shape index (κ1) is 16.2. The number of hydrogen-bond donors (Lipinski definition) is 1. The minimum Gasteiger partial charge on any atom is -0.346 e. The molecule has 0 bridgehead atoms. The molecule has 1 rings (SSSR count). The summed E-state index contributed by atoms with van der Waals surface area (Å²) in [6.07, 6.45) is 0.854. The molecule has 0 aliphatic heterocycles. The van der Waals surface area contributed by atoms with Crippen LogP contribution in [0.5, 0.6) is 0 Å². The van der Waals surface area contributed by atoms with E-state index >= 15 is 0 Å². The minimum absolute atomic E-state index is 0.0423. The Bertz CT molecular complexity index is 424. The third kappa shape index (κ3) is 4.07. The van der Waals surface area contributed by atoms with E-state index in [1.165, 1.54) is 0 Å². The van der Waals surface area contributed by atoms with Crippen LogP contribution in [0.15, 0.2) is 30.3 Å². The van der Waals surface area contributed by atoms with Crippen molar-refractivity contribution >= 4 is 21.8 Å². The normalized spacial score (nSPS) is 16.5. The summed E-state index contributed by atoms with van der Waals surface area (Å²) in [6, 6.07) is 10.1. The molecule has 0 saturated carbocycles. The number of halogens is 1. The zero-order chi connectivity index (χ0) is 14.7. The van der Waals surface area contributed by atoms with E-state index in [1.54, 1.807) is 0 Å². The van der Waals surface area contributed by atoms with Crippen LogP contribution in [0, 0.1) is 5.41 Å². The maximum Gasteiger partial charge on any atom is 0.235 e. The van der Waals surface area contributed by atoms with E-state index in [0.29, 0.717) is 0 Å². The Labute approximate surface area is 125 Å². The van der Waals surface area contributed by atoms with Crippen molar-refractivity contribution in [2.75, 3.05) is 0 Å². The van der Waals surface area contributed by atoms with Crippen molar-refractivity contribution in [1.82, 2.24) is 5.32 Å². The highest BCUT2D eigenvalue weighted by molar-refractivity contribution is 9.10. The lowest BCUT2D eigenvalue weighted by Gasteiger charge is -2.34. The Morgan fingerprint density at radius 3 is 2.16 bits per heavy atom. The van der Waals surface area contributed by atoms with Gasteiger partial charge in [-0.25, -0.2) is 0 Å². The molecule has 1 amide bonds. The second kappa shape index (κ2) is 6.08. The second-order valence-corrected chi connectivity index (χ2v) is 7.19. The summed E-state index contributed by atoms with van der Waals surface area (Å²) < 4.78 is 0. The Kier molecular flexibility index (Phi) is 5.19. The number of nitrogens with one attached hydrogen (secondary N) is 1. The van der Waals surface area contributed by atoms with Gasteiger partial charge in [-0.2, -0.15) is 0 Å². The van der Waals surface area contributed by atoms with Gasteiger partial charge in [0.15, 0.2) is 0 Å². The fourth-order valence-corrected chi connectivity index (χ4v) is 2.01. The van der Waals surface area contributed by atoms with Gasteiger partial charge < -0.3 is 5.32 Å². The number of hydrogen-bond acceptors (Lipinski definition) is 1. The van der Waals surface area contributed by atoms with E-state index in [-0.39, 0.29) is 21.7 Å². The smallest absolute Gasteiger partial charge is 0.235 e. The fraction of sp³-hybridized carbons (Fsp3) is 0.562. The summed E-state index contributed by atoms with van der Waals surface area (Å²) in [5.41, 5.74) is 0.713. The molecular weight excluding hydrogens is 302 g/mol. The van der Waals surface area contributed by atoms with Gasteiger partial charge in [0, 0.05) is 0 Å². The third-order valence-corrected chi connectivity index (χ3v) is 5.30. The molecule has 2 nitrogen and oxygen atoms in total. The Hall–Kier alpha value is -0.830. The lowest BCUT2D eigenvalue weighted by atomic mass is 9.87. The highest BCUT2D eigenvalue weighted by Crippen LogP contribution is 2.29. The molecule has 0 fully saturated rings. The molecule has 0 radical (unpaired) electrons. The van der Waals surface area contributed by atoms with Crippen molar-refractivity contribution in [2.24, 2.45) is 5.41 Å². The van der Waals surface area contributed by atoms with Gasteiger partial charge in [-0.05, 0) is 24.3 Å². The fourth-order valence-electron chi connectivity index (χ4n) is 1.90. The van der Waals surface area contributed by atoms with E-state index in [2.05, 4.69) is 68.0 Å². The first-order valence-electron chi connectivity index (χ1n) is 6.72. The van der Waals surface area contributed by atoms with E-state index in [0.717, 1.165) is 12.0 Å². The largest absolute Gasteiger partial charge is 0.346 e. The van der Waals surface area contributed by atoms with Gasteiger partial charge in [-0.1, -0.05) is 74.0 Å². The maximum absolute atomic E-state index is 12.4. The topological polar surface area (TPSA) is 29.1 Å². The van der Waals surface area contributed by atoms with Crippen LogP contribution in [0.1, 0.15) is 46.6 Å². The van der Waals surface area contributed by atoms with E-state index in [9.17, 15) is 4.79 Å². The number of alkyl halides is 1. The van der Waals surface area contributed by atoms with Crippen LogP contribution in [-0.4, -0.2) is 10.7 Å². The highest BCUT2D eigenvalue weighted by Gasteiger charge is 2.33. The Morgan fingerprint density at radius 2 is 1.74 bits per heavy atom. The molecule has 0 heterocycles. The lowest BCUT2D eigenvalue weighted by Crippen LogP contribution is -2.48. The zero-order valence-corrected chi connectivity index (χ0v) is 14.0. The maximum atomic E-state index is 12.4. The van der Waals surface area contributed by atoms with Gasteiger partial charge in [0.05, 0.1) is 10.4 Å². The zero-order valence-electron chi connectivity index (χ0n) is 12.5. The monoisotopic (exact) mass is 325 g/mol. The van der Waals surface area contributed by atoms with Gasteiger partial charge >= 0.3 is 0 Å². The van der Waals surface area contributed by atoms with E-state index in [4.69, 9.17) is 0 Å². The molecule has 1 aromatic carbocycles. The summed E-state index contributed by atoms with van der Waals surface area (Å²) in [5, 5.41) is 3.18. The molecule has 0 spiro atoms. The van der Waals surface area contributed by atoms with Crippen LogP contribution in [0.3, 0.4) is 0 Å². The first-order valence-corrected chi connectivity index (χ1v) is 7.64. The molecular formula is C16H24BrNO. The van der Waals surface area contributed by atoms with Crippen molar-refractivity contribution < 1.29 is 4.79 Å². The van der Waals surface area contributed by atoms with Crippen LogP contribution >= 0.6 is 15.9 Å². The van der Waals surface area contributed by atoms with Crippen LogP contribution in [0.4, 0.5) is 0 Å². The lowest BCUT2D eigenvalue weighted by molar-refractivity contribution is -0.123. The molecule has 0 aromatic heterocycles. The Morgan fingerprint density at radius 1 is 1.21 bits per heavy atom. The minimum atomic E-state index is -0.324. The standard InChI is InChI=1S/C16H24BrNO/c1-6-16(5,12-10-8-7-9-11-12)18-14(19)13(17)15(2,3)4/h7-11,13H,6H2,1-5H3,(H,18,19). The van der Waals surface area contributed by atoms with E-state index < -0.39 is 0 Å². The van der Waals surface area contributed by atoms with Gasteiger partial charge in [-0.3, -0.25) is 4.79 Å². The molecule has 1 N–H and O–H groups in total. The molecule has 2 atom stereocenters. The third-order valence-electron chi connectivity index (χ3n) is 3.51. The molecule has 0 aliphatic rings. The molecule has 2 unspecified atom stereocenters. The SMILES string of the molecule is CCC(C)(NC(=O)C(Br)C(C)(C)C)c1ccccc1. The number of rotatable bonds is 4. The van der Waals surface area contributed by atoms with Crippen molar-refractivity contribution in [3.8, 4) is 0 Å². The van der Waals surface area contributed by atoms with Crippen molar-refractivity contribution in [3.63, 3.8) is 0 Å². The summed E-state index contributed by atoms with van der Waals surface area (Å²) in [6.45, 7) is 10.3. The van der Waals surface area contributed by atoms with Gasteiger partial charge in [-0.15, -0.1) is 0 Å². The van der Waals surface area contributed by atoms with Gasteiger partial charge in [0.1, 0.15) is 0 Å². The van der Waals surface area contributed by atoms with Crippen molar-refractivity contribution in [1.29, 1.82) is 0 Å². The predicted octanol–water partition coefficient (Wildman–Crippen LogP) is 4.24. The molecule has 1 aromatic rings. The van der Waals surface area contributed by atoms with Crippen molar-refractivity contribution in [2.45, 2.75) is 51.4 Å². The van der Waals surface area contributed by atoms with Crippen LogP contribution < -0.4 is 5.32 Å². The van der Waals surface area contributed by atoms with Crippen LogP contribution in [-0.2, 0) is 10.3 Å².